The predicted molar refractivity (Wildman–Crippen MR) is 509 cm³/mol. The summed E-state index contributed by atoms with van der Waals surface area (Å²) in [6.45, 7) is 29.3. The molecule has 840 valence electrons. The Labute approximate surface area is 837 Å². The minimum atomic E-state index is -1.44. The fourth-order valence-electron chi connectivity index (χ4n) is 10.5. The van der Waals surface area contributed by atoms with Gasteiger partial charge in [0.25, 0.3) is 0 Å². The summed E-state index contributed by atoms with van der Waals surface area (Å²) in [6, 6.07) is 0. The van der Waals surface area contributed by atoms with Crippen LogP contribution >= 0.6 is 0 Å². The quantitative estimate of drug-likeness (QED) is 0.0406. The van der Waals surface area contributed by atoms with Gasteiger partial charge in [-0.25, -0.2) is 0 Å². The van der Waals surface area contributed by atoms with Crippen molar-refractivity contribution in [3.63, 3.8) is 0 Å². The number of carbonyl (C=O) groups is 4. The molecule has 0 atom stereocenters. The van der Waals surface area contributed by atoms with Gasteiger partial charge in [-0.05, 0) is 0 Å². The SMILES string of the molecule is COCCOCCOCCOCCOCCOCCOCCOCCOCCOCCOCCNC(=O)CCOCC(COCCC(=O)NCCOCCOCCOCCOCCOCCOCCOCCOCCOCCOCCOC)(COCC(=O)NCCOCCOCCOCCOCCOCCOCCOCCOCCOCCOCCOC)NC(=O)CCOCCOCCOCCOCCN. The van der Waals surface area contributed by atoms with E-state index in [0.717, 1.165) is 0 Å². The van der Waals surface area contributed by atoms with Gasteiger partial charge in [0.05, 0.1) is 502 Å². The van der Waals surface area contributed by atoms with Crippen LogP contribution in [0, 0.1) is 0 Å². The van der Waals surface area contributed by atoms with Gasteiger partial charge in [-0.3, -0.25) is 19.2 Å². The number of nitrogens with one attached hydrogen (secondary N) is 4. The van der Waals surface area contributed by atoms with Crippen molar-refractivity contribution in [2.24, 2.45) is 5.73 Å². The summed E-state index contributed by atoms with van der Waals surface area (Å²) in [5, 5.41) is 11.4. The fourth-order valence-corrected chi connectivity index (χ4v) is 10.5. The van der Waals surface area contributed by atoms with E-state index < -0.39 is 24.0 Å². The molecule has 0 unspecified atom stereocenters. The average molecular weight is 2060 g/mol. The maximum Gasteiger partial charge on any atom is 0.246 e. The van der Waals surface area contributed by atoms with E-state index in [4.69, 9.17) is 195 Å². The Hall–Kier alpha value is -3.76. The molecule has 4 amide bonds. The molecule has 6 N–H and O–H groups in total. The van der Waals surface area contributed by atoms with E-state index in [1.165, 1.54) is 0 Å². The van der Waals surface area contributed by atoms with Gasteiger partial charge >= 0.3 is 0 Å². The molecule has 0 aromatic rings. The lowest BCUT2D eigenvalue weighted by atomic mass is 10.0. The molecule has 0 aromatic heterocycles. The molecule has 0 aliphatic rings. The van der Waals surface area contributed by atoms with E-state index in [-0.39, 0.29) is 130 Å². The molecule has 0 fully saturated rings. The molecule has 0 saturated carbocycles. The van der Waals surface area contributed by atoms with Crippen LogP contribution in [0.25, 0.3) is 0 Å². The third-order valence-electron chi connectivity index (χ3n) is 17.6. The van der Waals surface area contributed by atoms with Crippen LogP contribution in [0.2, 0.25) is 0 Å². The molecule has 49 heteroatoms. The average Bonchev–Trinajstić information content (AvgIpc) is 0.852. The van der Waals surface area contributed by atoms with E-state index in [1.54, 1.807) is 21.3 Å². The second-order valence-electron chi connectivity index (χ2n) is 29.3. The molecule has 0 radical (unpaired) electrons. The number of carbonyl (C=O) groups excluding carboxylic acids is 4. The molecule has 0 aromatic carbocycles. The topological polar surface area (TPSA) is 512 Å². The lowest BCUT2D eigenvalue weighted by Gasteiger charge is -2.34. The first-order valence-corrected chi connectivity index (χ1v) is 49.5. The number of ether oxygens (including phenoxy) is 40. The standard InChI is InChI=1S/C92H183N5O44/c1-102-18-21-110-34-37-118-48-51-124-60-63-130-72-75-136-81-78-133-69-66-127-57-54-121-45-42-115-31-26-107-15-8-94-88(98)4-12-139-85-92(97-90(100)6-11-105-24-29-113-40-41-114-30-25-106-14-7-93,87-141-84-91(101)96-10-17-109-28-33-117-44-47-123-56-59-129-68-71-135-80-83-138-77-74-132-65-62-126-53-50-120-39-36-112-23-20-104-3)86-140-13-5-89(99)95-9-16-108-27-32-116-43-46-122-55-58-128-67-70-134-79-82-137-76-73-131-64-61-125-52-49-119-38-35-111-22-19-103-2/h4-87,93H2,1-3H3,(H,94,98)(H,95,99)(H,96,101)(H,97,100). The van der Waals surface area contributed by atoms with E-state index in [0.29, 0.717) is 429 Å². The zero-order valence-electron chi connectivity index (χ0n) is 85.4. The zero-order chi connectivity index (χ0) is 101. The van der Waals surface area contributed by atoms with Gasteiger partial charge in [0, 0.05) is 66.8 Å². The van der Waals surface area contributed by atoms with Crippen molar-refractivity contribution in [3.05, 3.63) is 0 Å². The maximum atomic E-state index is 13.8. The van der Waals surface area contributed by atoms with Crippen molar-refractivity contribution in [1.29, 1.82) is 0 Å². The van der Waals surface area contributed by atoms with Crippen molar-refractivity contribution in [2.75, 3.05) is 556 Å². The van der Waals surface area contributed by atoms with Crippen LogP contribution in [0.5, 0.6) is 0 Å². The number of hydrogen-bond acceptors (Lipinski definition) is 45. The Morgan fingerprint density at radius 2 is 0.305 bits per heavy atom. The zero-order valence-corrected chi connectivity index (χ0v) is 85.4. The largest absolute Gasteiger partial charge is 0.382 e. The van der Waals surface area contributed by atoms with Gasteiger partial charge in [0.2, 0.25) is 23.6 Å². The molecule has 0 aliphatic heterocycles. The van der Waals surface area contributed by atoms with E-state index >= 15 is 0 Å². The van der Waals surface area contributed by atoms with Gasteiger partial charge in [-0.1, -0.05) is 0 Å². The van der Waals surface area contributed by atoms with Crippen LogP contribution in [-0.2, 0) is 209 Å². The van der Waals surface area contributed by atoms with Crippen LogP contribution in [0.3, 0.4) is 0 Å². The first-order valence-electron chi connectivity index (χ1n) is 49.5. The number of nitrogens with two attached hydrogens (primary N) is 1. The number of amides is 4. The first-order chi connectivity index (χ1) is 69.8. The highest BCUT2D eigenvalue weighted by atomic mass is 16.6. The maximum absolute atomic E-state index is 13.8. The van der Waals surface area contributed by atoms with Crippen molar-refractivity contribution in [3.8, 4) is 0 Å². The molecule has 0 bridgehead atoms. The lowest BCUT2D eigenvalue weighted by molar-refractivity contribution is -0.133. The number of methoxy groups -OCH3 is 3. The predicted octanol–water partition coefficient (Wildman–Crippen LogP) is -2.13. The highest BCUT2D eigenvalue weighted by Gasteiger charge is 2.34. The summed E-state index contributed by atoms with van der Waals surface area (Å²) >= 11 is 0. The Kier molecular flexibility index (Phi) is 120. The van der Waals surface area contributed by atoms with Crippen LogP contribution in [0.1, 0.15) is 19.3 Å². The van der Waals surface area contributed by atoms with Gasteiger partial charge in [-0.15, -0.1) is 0 Å². The molecule has 0 saturated heterocycles. The number of rotatable bonds is 128. The van der Waals surface area contributed by atoms with Crippen molar-refractivity contribution in [1.82, 2.24) is 21.3 Å². The summed E-state index contributed by atoms with van der Waals surface area (Å²) in [6.07, 6.45) is -0.204. The molecule has 49 nitrogen and oxygen atoms in total. The molecule has 0 spiro atoms. The summed E-state index contributed by atoms with van der Waals surface area (Å²) < 4.78 is 221. The van der Waals surface area contributed by atoms with Gasteiger partial charge < -0.3 is 216 Å². The highest BCUT2D eigenvalue weighted by Crippen LogP contribution is 2.12. The number of hydrogen-bond donors (Lipinski definition) is 5. The summed E-state index contributed by atoms with van der Waals surface area (Å²) in [5.74, 6) is -1.57. The molecule has 141 heavy (non-hydrogen) atoms. The Morgan fingerprint density at radius 1 is 0.163 bits per heavy atom. The fraction of sp³-hybridized carbons (Fsp3) is 0.957. The second-order valence-corrected chi connectivity index (χ2v) is 29.3. The Bertz CT molecular complexity index is 2350. The lowest BCUT2D eigenvalue weighted by Crippen LogP contribution is -2.59. The normalized spacial score (nSPS) is 11.8. The van der Waals surface area contributed by atoms with Crippen molar-refractivity contribution >= 4 is 23.6 Å². The van der Waals surface area contributed by atoms with Crippen LogP contribution in [-0.4, -0.2) is 585 Å². The summed E-state index contributed by atoms with van der Waals surface area (Å²) in [5.41, 5.74) is 4.02. The van der Waals surface area contributed by atoms with E-state index in [9.17, 15) is 19.2 Å². The van der Waals surface area contributed by atoms with Crippen LogP contribution < -0.4 is 27.0 Å². The van der Waals surface area contributed by atoms with Crippen molar-refractivity contribution in [2.45, 2.75) is 24.8 Å². The molecular weight excluding hydrogens is 1880 g/mol. The molecule has 0 heterocycles. The van der Waals surface area contributed by atoms with Crippen LogP contribution in [0.4, 0.5) is 0 Å². The second kappa shape index (κ2) is 123. The van der Waals surface area contributed by atoms with Crippen LogP contribution in [0.15, 0.2) is 0 Å². The van der Waals surface area contributed by atoms with E-state index in [1.807, 2.05) is 0 Å². The smallest absolute Gasteiger partial charge is 0.246 e. The molecular formula is C92H183N5O44. The molecule has 0 aliphatic carbocycles. The highest BCUT2D eigenvalue weighted by molar-refractivity contribution is 5.78. The van der Waals surface area contributed by atoms with Gasteiger partial charge in [-0.2, -0.15) is 0 Å². The summed E-state index contributed by atoms with van der Waals surface area (Å²) in [4.78, 5) is 53.1. The minimum Gasteiger partial charge on any atom is -0.382 e. The van der Waals surface area contributed by atoms with Gasteiger partial charge in [0.1, 0.15) is 12.1 Å². The Morgan fingerprint density at radius 3 is 0.489 bits per heavy atom. The Balaban J connectivity index is 5.04. The van der Waals surface area contributed by atoms with E-state index in [2.05, 4.69) is 21.3 Å². The third kappa shape index (κ3) is 118. The van der Waals surface area contributed by atoms with Crippen molar-refractivity contribution < 1.29 is 209 Å². The summed E-state index contributed by atoms with van der Waals surface area (Å²) in [7, 11) is 4.90. The third-order valence-corrected chi connectivity index (χ3v) is 17.6. The minimum absolute atomic E-state index is 0.0241. The van der Waals surface area contributed by atoms with Gasteiger partial charge in [0.15, 0.2) is 0 Å². The monoisotopic (exact) mass is 2060 g/mol. The molecule has 0 rings (SSSR count). The first kappa shape index (κ1) is 137.